The van der Waals surface area contributed by atoms with Crippen LogP contribution in [0.5, 0.6) is 0 Å². The van der Waals surface area contributed by atoms with Crippen molar-refractivity contribution in [2.24, 2.45) is 11.0 Å². The molecule has 0 fully saturated rings. The third-order valence-corrected chi connectivity index (χ3v) is 5.64. The fourth-order valence-electron chi connectivity index (χ4n) is 3.53. The molecule has 0 saturated heterocycles. The average Bonchev–Trinajstić information content (AvgIpc) is 3.14. The smallest absolute Gasteiger partial charge is 0.306 e. The van der Waals surface area contributed by atoms with Gasteiger partial charge in [0, 0.05) is 21.7 Å². The molecule has 4 nitrogen and oxygen atoms in total. The summed E-state index contributed by atoms with van der Waals surface area (Å²) in [6.07, 6.45) is 7.16. The molecule has 2 amide bonds. The van der Waals surface area contributed by atoms with Crippen molar-refractivity contribution in [2.45, 2.75) is 45.4 Å². The van der Waals surface area contributed by atoms with Gasteiger partial charge in [-0.05, 0) is 48.4 Å². The number of hydrazone groups is 1. The van der Waals surface area contributed by atoms with Crippen LogP contribution in [0.1, 0.15) is 51.0 Å². The Morgan fingerprint density at radius 2 is 1.62 bits per heavy atom. The van der Waals surface area contributed by atoms with Crippen molar-refractivity contribution in [2.75, 3.05) is 11.9 Å². The third-order valence-electron chi connectivity index (χ3n) is 5.13. The van der Waals surface area contributed by atoms with E-state index in [1.165, 1.54) is 30.7 Å². The first-order valence-corrected chi connectivity index (χ1v) is 11.0. The van der Waals surface area contributed by atoms with E-state index in [0.29, 0.717) is 22.3 Å². The number of urea groups is 1. The maximum Gasteiger partial charge on any atom is 0.342 e. The first kappa shape index (κ1) is 21.7. The molecule has 0 aliphatic carbocycles. The standard InChI is InChI=1S/C23H27Cl2N3O/c1-2-3-4-5-6-7-18-16-28(23(29)26-21-14-12-20(25)13-15-21)27-22(18)17-8-10-19(24)11-9-17/h8-15,18H,2-7,16H2,1H3,(H,26,29). The van der Waals surface area contributed by atoms with Gasteiger partial charge in [0.25, 0.3) is 0 Å². The molecule has 1 atom stereocenters. The molecular weight excluding hydrogens is 405 g/mol. The quantitative estimate of drug-likeness (QED) is 0.440. The molecule has 2 aromatic carbocycles. The van der Waals surface area contributed by atoms with Gasteiger partial charge < -0.3 is 5.32 Å². The molecule has 2 aromatic rings. The number of carbonyl (C=O) groups is 1. The lowest BCUT2D eigenvalue weighted by molar-refractivity contribution is 0.215. The normalized spacial score (nSPS) is 16.0. The van der Waals surface area contributed by atoms with Crippen LogP contribution in [0.4, 0.5) is 10.5 Å². The molecule has 0 aromatic heterocycles. The third kappa shape index (κ3) is 6.22. The topological polar surface area (TPSA) is 44.7 Å². The summed E-state index contributed by atoms with van der Waals surface area (Å²) < 4.78 is 0. The number of nitrogens with one attached hydrogen (secondary N) is 1. The summed E-state index contributed by atoms with van der Waals surface area (Å²) in [4.78, 5) is 12.7. The number of hydrogen-bond donors (Lipinski definition) is 1. The SMILES string of the molecule is CCCCCCCC1CN(C(=O)Nc2ccc(Cl)cc2)N=C1c1ccc(Cl)cc1. The van der Waals surface area contributed by atoms with Gasteiger partial charge in [0.1, 0.15) is 0 Å². The number of unbranched alkanes of at least 4 members (excludes halogenated alkanes) is 4. The second kappa shape index (κ2) is 10.7. The fourth-order valence-corrected chi connectivity index (χ4v) is 3.79. The van der Waals surface area contributed by atoms with Gasteiger partial charge in [-0.1, -0.05) is 74.4 Å². The number of hydrogen-bond acceptors (Lipinski definition) is 2. The minimum Gasteiger partial charge on any atom is -0.306 e. The lowest BCUT2D eigenvalue weighted by Crippen LogP contribution is -2.30. The van der Waals surface area contributed by atoms with Gasteiger partial charge in [0.2, 0.25) is 0 Å². The molecule has 3 rings (SSSR count). The van der Waals surface area contributed by atoms with Crippen LogP contribution in [0, 0.1) is 5.92 Å². The molecule has 0 spiro atoms. The Balaban J connectivity index is 1.69. The Labute approximate surface area is 182 Å². The van der Waals surface area contributed by atoms with E-state index in [-0.39, 0.29) is 11.9 Å². The maximum atomic E-state index is 12.7. The zero-order chi connectivity index (χ0) is 20.6. The van der Waals surface area contributed by atoms with Crippen LogP contribution in [-0.4, -0.2) is 23.3 Å². The number of nitrogens with zero attached hydrogens (tertiary/aromatic N) is 2. The Bertz CT molecular complexity index is 834. The summed E-state index contributed by atoms with van der Waals surface area (Å²) in [5.41, 5.74) is 2.68. The van der Waals surface area contributed by atoms with Gasteiger partial charge in [-0.2, -0.15) is 5.10 Å². The van der Waals surface area contributed by atoms with Crippen molar-refractivity contribution in [3.63, 3.8) is 0 Å². The first-order valence-electron chi connectivity index (χ1n) is 10.3. The van der Waals surface area contributed by atoms with Crippen LogP contribution in [0.25, 0.3) is 0 Å². The highest BCUT2D eigenvalue weighted by atomic mass is 35.5. The van der Waals surface area contributed by atoms with Gasteiger partial charge in [-0.25, -0.2) is 9.80 Å². The minimum atomic E-state index is -0.229. The van der Waals surface area contributed by atoms with E-state index in [9.17, 15) is 4.79 Å². The molecule has 1 heterocycles. The second-order valence-corrected chi connectivity index (χ2v) is 8.28. The van der Waals surface area contributed by atoms with E-state index in [1.807, 2.05) is 24.3 Å². The molecule has 0 saturated carbocycles. The van der Waals surface area contributed by atoms with E-state index < -0.39 is 0 Å². The van der Waals surface area contributed by atoms with Crippen molar-refractivity contribution in [3.8, 4) is 0 Å². The molecule has 1 aliphatic heterocycles. The highest BCUT2D eigenvalue weighted by molar-refractivity contribution is 6.31. The van der Waals surface area contributed by atoms with Gasteiger partial charge in [-0.15, -0.1) is 0 Å². The van der Waals surface area contributed by atoms with Crippen molar-refractivity contribution < 1.29 is 4.79 Å². The summed E-state index contributed by atoms with van der Waals surface area (Å²) >= 11 is 12.0. The first-order chi connectivity index (χ1) is 14.1. The molecule has 1 unspecified atom stereocenters. The summed E-state index contributed by atoms with van der Waals surface area (Å²) in [6, 6.07) is 14.5. The van der Waals surface area contributed by atoms with Crippen molar-refractivity contribution in [1.82, 2.24) is 5.01 Å². The average molecular weight is 432 g/mol. The number of carbonyl (C=O) groups excluding carboxylic acids is 1. The Kier molecular flexibility index (Phi) is 7.96. The lowest BCUT2D eigenvalue weighted by Gasteiger charge is -2.15. The van der Waals surface area contributed by atoms with E-state index >= 15 is 0 Å². The van der Waals surface area contributed by atoms with E-state index in [4.69, 9.17) is 23.2 Å². The lowest BCUT2D eigenvalue weighted by atomic mass is 9.92. The molecule has 0 radical (unpaired) electrons. The zero-order valence-corrected chi connectivity index (χ0v) is 18.2. The molecule has 1 N–H and O–H groups in total. The largest absolute Gasteiger partial charge is 0.342 e. The van der Waals surface area contributed by atoms with Crippen LogP contribution in [0.3, 0.4) is 0 Å². The zero-order valence-electron chi connectivity index (χ0n) is 16.7. The monoisotopic (exact) mass is 431 g/mol. The number of halogens is 2. The van der Waals surface area contributed by atoms with Crippen LogP contribution in [0.15, 0.2) is 53.6 Å². The Hall–Kier alpha value is -2.04. The molecule has 0 bridgehead atoms. The molecular formula is C23H27Cl2N3O. The second-order valence-electron chi connectivity index (χ2n) is 7.41. The highest BCUT2D eigenvalue weighted by Gasteiger charge is 2.30. The van der Waals surface area contributed by atoms with Crippen LogP contribution >= 0.6 is 23.2 Å². The van der Waals surface area contributed by atoms with Crippen LogP contribution in [0.2, 0.25) is 10.0 Å². The van der Waals surface area contributed by atoms with E-state index in [0.717, 1.165) is 24.1 Å². The molecule has 154 valence electrons. The highest BCUT2D eigenvalue weighted by Crippen LogP contribution is 2.26. The predicted octanol–water partition coefficient (Wildman–Crippen LogP) is 7.22. The molecule has 29 heavy (non-hydrogen) atoms. The number of amides is 2. The Morgan fingerprint density at radius 1 is 1.00 bits per heavy atom. The van der Waals surface area contributed by atoms with E-state index in [1.54, 1.807) is 24.3 Å². The Morgan fingerprint density at radius 3 is 2.28 bits per heavy atom. The van der Waals surface area contributed by atoms with Gasteiger partial charge in [-0.3, -0.25) is 0 Å². The summed E-state index contributed by atoms with van der Waals surface area (Å²) in [6.45, 7) is 2.81. The maximum absolute atomic E-state index is 12.7. The van der Waals surface area contributed by atoms with E-state index in [2.05, 4.69) is 17.3 Å². The molecule has 6 heteroatoms. The number of anilines is 1. The van der Waals surface area contributed by atoms with Crippen LogP contribution < -0.4 is 5.32 Å². The van der Waals surface area contributed by atoms with Gasteiger partial charge >= 0.3 is 6.03 Å². The van der Waals surface area contributed by atoms with Gasteiger partial charge in [0.15, 0.2) is 0 Å². The van der Waals surface area contributed by atoms with Crippen molar-refractivity contribution >= 4 is 40.6 Å². The van der Waals surface area contributed by atoms with Crippen molar-refractivity contribution in [1.29, 1.82) is 0 Å². The number of rotatable bonds is 8. The fraction of sp³-hybridized carbons (Fsp3) is 0.391. The van der Waals surface area contributed by atoms with Crippen molar-refractivity contribution in [3.05, 3.63) is 64.1 Å². The van der Waals surface area contributed by atoms with Gasteiger partial charge in [0.05, 0.1) is 12.3 Å². The summed E-state index contributed by atoms with van der Waals surface area (Å²) in [7, 11) is 0. The van der Waals surface area contributed by atoms with Crippen LogP contribution in [-0.2, 0) is 0 Å². The predicted molar refractivity (Wildman–Crippen MR) is 122 cm³/mol. The molecule has 1 aliphatic rings. The summed E-state index contributed by atoms with van der Waals surface area (Å²) in [5.74, 6) is 0.230. The summed E-state index contributed by atoms with van der Waals surface area (Å²) in [5, 5.41) is 10.4. The number of benzene rings is 2. The minimum absolute atomic E-state index is 0.229.